The van der Waals surface area contributed by atoms with Gasteiger partial charge in [-0.2, -0.15) is 0 Å². The van der Waals surface area contributed by atoms with Crippen LogP contribution in [0, 0.1) is 20.8 Å². The molecule has 1 heterocycles. The lowest BCUT2D eigenvalue weighted by atomic mass is 9.97. The van der Waals surface area contributed by atoms with Gasteiger partial charge in [0.1, 0.15) is 0 Å². The van der Waals surface area contributed by atoms with E-state index >= 15 is 0 Å². The van der Waals surface area contributed by atoms with Crippen LogP contribution >= 0.6 is 27.7 Å². The molecule has 25 heavy (non-hydrogen) atoms. The summed E-state index contributed by atoms with van der Waals surface area (Å²) in [4.78, 5) is 12.6. The van der Waals surface area contributed by atoms with Crippen molar-refractivity contribution in [3.8, 4) is 11.5 Å². The van der Waals surface area contributed by atoms with Gasteiger partial charge >= 0.3 is 0 Å². The van der Waals surface area contributed by atoms with Crippen LogP contribution in [-0.4, -0.2) is 21.7 Å². The molecule has 0 aliphatic carbocycles. The van der Waals surface area contributed by atoms with Crippen LogP contribution in [0.5, 0.6) is 0 Å². The van der Waals surface area contributed by atoms with E-state index in [-0.39, 0.29) is 11.5 Å². The van der Waals surface area contributed by atoms with Crippen LogP contribution in [0.1, 0.15) is 27.0 Å². The van der Waals surface area contributed by atoms with E-state index in [0.717, 1.165) is 32.3 Å². The Labute approximate surface area is 159 Å². The SMILES string of the molecule is Cc1cc(C)c(C(=O)CSc2nnc(-c3ccccc3Br)o2)c(C)c1. The van der Waals surface area contributed by atoms with Crippen molar-refractivity contribution < 1.29 is 9.21 Å². The maximum Gasteiger partial charge on any atom is 0.277 e. The summed E-state index contributed by atoms with van der Waals surface area (Å²) in [5.74, 6) is 0.772. The number of aryl methyl sites for hydroxylation is 3. The minimum atomic E-state index is 0.0700. The van der Waals surface area contributed by atoms with Crippen molar-refractivity contribution in [2.24, 2.45) is 0 Å². The Balaban J connectivity index is 1.73. The summed E-state index contributed by atoms with van der Waals surface area (Å²) in [5, 5.41) is 8.49. The number of hydrogen-bond donors (Lipinski definition) is 0. The molecular formula is C19H17BrN2O2S. The summed E-state index contributed by atoms with van der Waals surface area (Å²) in [5.41, 5.74) is 4.78. The van der Waals surface area contributed by atoms with Gasteiger partial charge in [-0.25, -0.2) is 0 Å². The van der Waals surface area contributed by atoms with Crippen molar-refractivity contribution in [1.29, 1.82) is 0 Å². The number of aromatic nitrogens is 2. The molecule has 3 aromatic rings. The number of Topliss-reactive ketones (excluding diaryl/α,β-unsaturated/α-hetero) is 1. The van der Waals surface area contributed by atoms with Gasteiger partial charge in [-0.05, 0) is 60.0 Å². The average molecular weight is 417 g/mol. The second-order valence-corrected chi connectivity index (χ2v) is 7.62. The quantitative estimate of drug-likeness (QED) is 0.411. The van der Waals surface area contributed by atoms with Crippen molar-refractivity contribution >= 4 is 33.5 Å². The van der Waals surface area contributed by atoms with Crippen molar-refractivity contribution in [3.63, 3.8) is 0 Å². The Morgan fingerprint density at radius 1 is 1.12 bits per heavy atom. The van der Waals surface area contributed by atoms with Crippen LogP contribution in [0.2, 0.25) is 0 Å². The Bertz CT molecular complexity index is 914. The third-order valence-corrected chi connectivity index (χ3v) is 5.30. The molecule has 0 radical (unpaired) electrons. The van der Waals surface area contributed by atoms with Crippen molar-refractivity contribution in [2.75, 3.05) is 5.75 Å². The lowest BCUT2D eigenvalue weighted by molar-refractivity contribution is 0.102. The third kappa shape index (κ3) is 4.02. The number of nitrogens with zero attached hydrogens (tertiary/aromatic N) is 2. The predicted octanol–water partition coefficient (Wildman–Crippen LogP) is 5.40. The number of ketones is 1. The number of hydrogen-bond acceptors (Lipinski definition) is 5. The fourth-order valence-electron chi connectivity index (χ4n) is 2.83. The molecule has 4 nitrogen and oxygen atoms in total. The minimum absolute atomic E-state index is 0.0700. The topological polar surface area (TPSA) is 56.0 Å². The smallest absolute Gasteiger partial charge is 0.277 e. The van der Waals surface area contributed by atoms with E-state index in [0.29, 0.717) is 11.1 Å². The Morgan fingerprint density at radius 3 is 2.48 bits per heavy atom. The van der Waals surface area contributed by atoms with E-state index in [1.807, 2.05) is 57.2 Å². The standard InChI is InChI=1S/C19H17BrN2O2S/c1-11-8-12(2)17(13(3)9-11)16(23)10-25-19-22-21-18(24-19)14-6-4-5-7-15(14)20/h4-9H,10H2,1-3H3. The van der Waals surface area contributed by atoms with E-state index in [4.69, 9.17) is 4.42 Å². The molecule has 0 aliphatic heterocycles. The summed E-state index contributed by atoms with van der Waals surface area (Å²) in [6.07, 6.45) is 0. The summed E-state index contributed by atoms with van der Waals surface area (Å²) < 4.78 is 6.56. The summed E-state index contributed by atoms with van der Waals surface area (Å²) >= 11 is 4.73. The molecule has 0 fully saturated rings. The van der Waals surface area contributed by atoms with Crippen LogP contribution in [0.3, 0.4) is 0 Å². The number of benzene rings is 2. The van der Waals surface area contributed by atoms with Crippen LogP contribution in [0.25, 0.3) is 11.5 Å². The van der Waals surface area contributed by atoms with Crippen LogP contribution in [0.15, 0.2) is 50.5 Å². The first-order valence-electron chi connectivity index (χ1n) is 7.78. The molecule has 0 atom stereocenters. The molecule has 1 aromatic heterocycles. The fourth-order valence-corrected chi connectivity index (χ4v) is 3.92. The van der Waals surface area contributed by atoms with Crippen molar-refractivity contribution in [2.45, 2.75) is 26.0 Å². The number of thioether (sulfide) groups is 1. The molecule has 0 spiro atoms. The fraction of sp³-hybridized carbons (Fsp3) is 0.211. The molecule has 6 heteroatoms. The zero-order valence-corrected chi connectivity index (χ0v) is 16.6. The van der Waals surface area contributed by atoms with Gasteiger partial charge in [0, 0.05) is 10.0 Å². The van der Waals surface area contributed by atoms with Gasteiger partial charge in [-0.15, -0.1) is 10.2 Å². The number of rotatable bonds is 5. The van der Waals surface area contributed by atoms with E-state index in [9.17, 15) is 4.79 Å². The van der Waals surface area contributed by atoms with Gasteiger partial charge in [0.15, 0.2) is 5.78 Å². The molecule has 3 rings (SSSR count). The molecule has 0 amide bonds. The monoisotopic (exact) mass is 416 g/mol. The lowest BCUT2D eigenvalue weighted by Crippen LogP contribution is -2.07. The van der Waals surface area contributed by atoms with Gasteiger partial charge in [0.05, 0.1) is 11.3 Å². The van der Waals surface area contributed by atoms with Gasteiger partial charge in [0.25, 0.3) is 5.22 Å². The number of carbonyl (C=O) groups is 1. The predicted molar refractivity (Wildman–Crippen MR) is 103 cm³/mol. The highest BCUT2D eigenvalue weighted by molar-refractivity contribution is 9.10. The van der Waals surface area contributed by atoms with E-state index < -0.39 is 0 Å². The van der Waals surface area contributed by atoms with Crippen LogP contribution < -0.4 is 0 Å². The van der Waals surface area contributed by atoms with Crippen LogP contribution in [0.4, 0.5) is 0 Å². The highest BCUT2D eigenvalue weighted by atomic mass is 79.9. The molecule has 0 bridgehead atoms. The minimum Gasteiger partial charge on any atom is -0.411 e. The average Bonchev–Trinajstić information content (AvgIpc) is 3.01. The van der Waals surface area contributed by atoms with Gasteiger partial charge in [-0.3, -0.25) is 4.79 Å². The zero-order chi connectivity index (χ0) is 18.0. The van der Waals surface area contributed by atoms with Gasteiger partial charge in [-0.1, -0.05) is 41.6 Å². The molecule has 0 saturated carbocycles. The van der Waals surface area contributed by atoms with E-state index in [1.54, 1.807) is 0 Å². The largest absolute Gasteiger partial charge is 0.411 e. The van der Waals surface area contributed by atoms with Gasteiger partial charge in [0.2, 0.25) is 5.89 Å². The van der Waals surface area contributed by atoms with Gasteiger partial charge < -0.3 is 4.42 Å². The maximum atomic E-state index is 12.6. The summed E-state index contributed by atoms with van der Waals surface area (Å²) in [6.45, 7) is 5.97. The molecule has 0 N–H and O–H groups in total. The maximum absolute atomic E-state index is 12.6. The first kappa shape index (κ1) is 17.9. The highest BCUT2D eigenvalue weighted by Gasteiger charge is 2.16. The molecule has 0 unspecified atom stereocenters. The normalized spacial score (nSPS) is 10.9. The zero-order valence-electron chi connectivity index (χ0n) is 14.2. The highest BCUT2D eigenvalue weighted by Crippen LogP contribution is 2.29. The Hall–Kier alpha value is -1.92. The number of halogens is 1. The molecular weight excluding hydrogens is 400 g/mol. The lowest BCUT2D eigenvalue weighted by Gasteiger charge is -2.09. The second kappa shape index (κ2) is 7.54. The van der Waals surface area contributed by atoms with Crippen molar-refractivity contribution in [3.05, 3.63) is 63.1 Å². The van der Waals surface area contributed by atoms with Crippen LogP contribution in [-0.2, 0) is 0 Å². The second-order valence-electron chi connectivity index (χ2n) is 5.84. The Kier molecular flexibility index (Phi) is 5.39. The molecule has 2 aromatic carbocycles. The van der Waals surface area contributed by atoms with E-state index in [2.05, 4.69) is 26.1 Å². The first-order chi connectivity index (χ1) is 12.0. The molecule has 128 valence electrons. The Morgan fingerprint density at radius 2 is 1.80 bits per heavy atom. The number of carbonyl (C=O) groups excluding carboxylic acids is 1. The first-order valence-corrected chi connectivity index (χ1v) is 9.56. The third-order valence-electron chi connectivity index (χ3n) is 3.79. The molecule has 0 saturated heterocycles. The van der Waals surface area contributed by atoms with Crippen molar-refractivity contribution in [1.82, 2.24) is 10.2 Å². The molecule has 0 aliphatic rings. The summed E-state index contributed by atoms with van der Waals surface area (Å²) in [7, 11) is 0. The summed E-state index contributed by atoms with van der Waals surface area (Å²) in [6, 6.07) is 11.7. The van der Waals surface area contributed by atoms with E-state index in [1.165, 1.54) is 11.8 Å².